The van der Waals surface area contributed by atoms with Gasteiger partial charge < -0.3 is 4.74 Å². The highest BCUT2D eigenvalue weighted by molar-refractivity contribution is 7.78. The number of hydrogen-bond acceptors (Lipinski definition) is 4. The molecule has 0 unspecified atom stereocenters. The molecule has 4 nitrogen and oxygen atoms in total. The maximum Gasteiger partial charge on any atom is 0.340 e. The van der Waals surface area contributed by atoms with E-state index >= 15 is 0 Å². The van der Waals surface area contributed by atoms with Gasteiger partial charge in [0.15, 0.2) is 0 Å². The highest BCUT2D eigenvalue weighted by Gasteiger charge is 2.13. The summed E-state index contributed by atoms with van der Waals surface area (Å²) in [5, 5.41) is 1.02. The molecule has 5 heteroatoms. The van der Waals surface area contributed by atoms with Gasteiger partial charge in [-0.2, -0.15) is 0 Å². The molecule has 0 aliphatic rings. The Morgan fingerprint density at radius 2 is 1.94 bits per heavy atom. The van der Waals surface area contributed by atoms with Crippen LogP contribution in [0.4, 0.5) is 0 Å². The third-order valence-corrected chi connectivity index (χ3v) is 2.61. The molecule has 1 aromatic carbocycles. The largest absolute Gasteiger partial charge is 0.465 e. The highest BCUT2D eigenvalue weighted by atomic mass is 32.1. The molecule has 1 aromatic heterocycles. The fraction of sp³-hybridized carbons (Fsp3) is 0.0909. The van der Waals surface area contributed by atoms with Gasteiger partial charge in [-0.25, -0.2) is 4.79 Å². The minimum absolute atomic E-state index is 0.258. The maximum atomic E-state index is 11.7. The van der Waals surface area contributed by atoms with Crippen LogP contribution in [0.25, 0.3) is 10.8 Å². The average molecular weight is 235 g/mol. The van der Waals surface area contributed by atoms with Gasteiger partial charge in [-0.05, 0) is 6.07 Å². The molecule has 0 N–H and O–H groups in total. The predicted molar refractivity (Wildman–Crippen MR) is 63.9 cm³/mol. The summed E-state index contributed by atoms with van der Waals surface area (Å²) in [6.45, 7) is 0. The quantitative estimate of drug-likeness (QED) is 0.601. The van der Waals surface area contributed by atoms with E-state index in [1.807, 2.05) is 0 Å². The average Bonchev–Trinajstić information content (AvgIpc) is 2.33. The van der Waals surface area contributed by atoms with E-state index in [9.17, 15) is 9.59 Å². The van der Waals surface area contributed by atoms with Crippen LogP contribution in [0.5, 0.6) is 0 Å². The lowest BCUT2D eigenvalue weighted by Crippen LogP contribution is -2.16. The van der Waals surface area contributed by atoms with E-state index in [4.69, 9.17) is 0 Å². The van der Waals surface area contributed by atoms with Gasteiger partial charge in [0.1, 0.15) is 0 Å². The van der Waals surface area contributed by atoms with E-state index in [2.05, 4.69) is 17.6 Å². The number of nitrogens with zero attached hydrogens (tertiary/aromatic N) is 1. The number of benzene rings is 1. The summed E-state index contributed by atoms with van der Waals surface area (Å²) in [5.41, 5.74) is 0.0688. The molecule has 0 aliphatic heterocycles. The molecule has 0 atom stereocenters. The molecule has 2 rings (SSSR count). The molecule has 0 bridgehead atoms. The number of pyridine rings is 1. The molecule has 2 aromatic rings. The van der Waals surface area contributed by atoms with Gasteiger partial charge in [0.05, 0.1) is 12.7 Å². The summed E-state index contributed by atoms with van der Waals surface area (Å²) in [6.07, 6.45) is 1.36. The monoisotopic (exact) mass is 235 g/mol. The van der Waals surface area contributed by atoms with E-state index in [1.165, 1.54) is 13.3 Å². The molecule has 0 fully saturated rings. The Hall–Kier alpha value is -1.75. The third kappa shape index (κ3) is 1.59. The number of rotatable bonds is 1. The molecule has 0 saturated carbocycles. The van der Waals surface area contributed by atoms with Crippen LogP contribution in [0.15, 0.2) is 35.3 Å². The van der Waals surface area contributed by atoms with Crippen molar-refractivity contribution in [3.05, 3.63) is 46.4 Å². The van der Waals surface area contributed by atoms with Crippen molar-refractivity contribution in [2.24, 2.45) is 0 Å². The first kappa shape index (κ1) is 10.8. The second-order valence-electron chi connectivity index (χ2n) is 3.23. The lowest BCUT2D eigenvalue weighted by atomic mass is 10.1. The van der Waals surface area contributed by atoms with Gasteiger partial charge >= 0.3 is 5.97 Å². The Labute approximate surface area is 97.0 Å². The fourth-order valence-corrected chi connectivity index (χ4v) is 1.77. The lowest BCUT2D eigenvalue weighted by molar-refractivity contribution is 0.0602. The number of ether oxygens (including phenoxy) is 1. The van der Waals surface area contributed by atoms with E-state index in [0.29, 0.717) is 16.3 Å². The Kier molecular flexibility index (Phi) is 2.70. The van der Waals surface area contributed by atoms with E-state index in [-0.39, 0.29) is 5.56 Å². The van der Waals surface area contributed by atoms with Crippen LogP contribution in [0.3, 0.4) is 0 Å². The zero-order chi connectivity index (χ0) is 11.7. The number of thiol groups is 1. The molecular weight excluding hydrogens is 226 g/mol. The summed E-state index contributed by atoms with van der Waals surface area (Å²) in [4.78, 5) is 23.2. The van der Waals surface area contributed by atoms with Crippen LogP contribution in [0.1, 0.15) is 10.4 Å². The van der Waals surface area contributed by atoms with Crippen molar-refractivity contribution < 1.29 is 9.53 Å². The minimum atomic E-state index is -0.487. The second kappa shape index (κ2) is 4.02. The standard InChI is InChI=1S/C11H9NO3S/c1-15-11(14)9-6-12(16)10(13)8-5-3-2-4-7(8)9/h2-6,16H,1H3. The summed E-state index contributed by atoms with van der Waals surface area (Å²) < 4.78 is 5.73. The highest BCUT2D eigenvalue weighted by Crippen LogP contribution is 2.16. The Morgan fingerprint density at radius 1 is 1.31 bits per heavy atom. The molecule has 0 aliphatic carbocycles. The zero-order valence-corrected chi connectivity index (χ0v) is 9.40. The Balaban J connectivity index is 2.90. The Morgan fingerprint density at radius 3 is 2.56 bits per heavy atom. The van der Waals surface area contributed by atoms with Gasteiger partial charge in [0.25, 0.3) is 5.56 Å². The number of carbonyl (C=O) groups excluding carboxylic acids is 1. The van der Waals surface area contributed by atoms with Crippen molar-refractivity contribution in [3.63, 3.8) is 0 Å². The van der Waals surface area contributed by atoms with Crippen LogP contribution in [0.2, 0.25) is 0 Å². The van der Waals surface area contributed by atoms with Crippen LogP contribution >= 0.6 is 12.8 Å². The molecule has 0 amide bonds. The normalized spacial score (nSPS) is 10.4. The summed E-state index contributed by atoms with van der Waals surface area (Å²) >= 11 is 3.97. The minimum Gasteiger partial charge on any atom is -0.465 e. The van der Waals surface area contributed by atoms with Crippen molar-refractivity contribution in [1.29, 1.82) is 0 Å². The van der Waals surface area contributed by atoms with Crippen molar-refractivity contribution in [2.45, 2.75) is 0 Å². The number of methoxy groups -OCH3 is 1. The Bertz CT molecular complexity index is 618. The first-order valence-corrected chi connectivity index (χ1v) is 4.97. The van der Waals surface area contributed by atoms with Crippen molar-refractivity contribution in [1.82, 2.24) is 3.97 Å². The number of hydrogen-bond donors (Lipinski definition) is 1. The molecule has 0 spiro atoms. The van der Waals surface area contributed by atoms with Crippen LogP contribution in [-0.4, -0.2) is 17.1 Å². The number of fused-ring (bicyclic) bond motifs is 1. The van der Waals surface area contributed by atoms with E-state index < -0.39 is 5.97 Å². The second-order valence-corrected chi connectivity index (χ2v) is 3.66. The van der Waals surface area contributed by atoms with E-state index in [0.717, 1.165) is 3.97 Å². The third-order valence-electron chi connectivity index (χ3n) is 2.31. The van der Waals surface area contributed by atoms with Crippen LogP contribution < -0.4 is 5.56 Å². The number of esters is 1. The van der Waals surface area contributed by atoms with Crippen molar-refractivity contribution in [2.75, 3.05) is 7.11 Å². The van der Waals surface area contributed by atoms with Crippen molar-refractivity contribution >= 4 is 29.6 Å². The lowest BCUT2D eigenvalue weighted by Gasteiger charge is -2.06. The van der Waals surface area contributed by atoms with Gasteiger partial charge in [0, 0.05) is 17.0 Å². The molecular formula is C11H9NO3S. The number of aromatic nitrogens is 1. The van der Waals surface area contributed by atoms with Crippen LogP contribution in [0, 0.1) is 0 Å². The summed E-state index contributed by atoms with van der Waals surface area (Å²) in [5.74, 6) is -0.487. The van der Waals surface area contributed by atoms with Gasteiger partial charge in [-0.15, -0.1) is 0 Å². The topological polar surface area (TPSA) is 48.3 Å². The zero-order valence-electron chi connectivity index (χ0n) is 8.51. The van der Waals surface area contributed by atoms with Gasteiger partial charge in [0.2, 0.25) is 0 Å². The molecule has 16 heavy (non-hydrogen) atoms. The molecule has 82 valence electrons. The van der Waals surface area contributed by atoms with Crippen LogP contribution in [-0.2, 0) is 4.74 Å². The smallest absolute Gasteiger partial charge is 0.340 e. The van der Waals surface area contributed by atoms with Crippen molar-refractivity contribution in [3.8, 4) is 0 Å². The van der Waals surface area contributed by atoms with Gasteiger partial charge in [-0.3, -0.25) is 8.77 Å². The molecule has 1 heterocycles. The predicted octanol–water partition coefficient (Wildman–Crippen LogP) is 1.48. The first-order valence-electron chi connectivity index (χ1n) is 4.57. The number of carbonyl (C=O) groups is 1. The fourth-order valence-electron chi connectivity index (χ4n) is 1.55. The van der Waals surface area contributed by atoms with E-state index in [1.54, 1.807) is 24.3 Å². The molecule has 0 radical (unpaired) electrons. The maximum absolute atomic E-state index is 11.7. The van der Waals surface area contributed by atoms with Gasteiger partial charge in [-0.1, -0.05) is 31.0 Å². The summed E-state index contributed by atoms with van der Waals surface area (Å²) in [7, 11) is 1.30. The summed E-state index contributed by atoms with van der Waals surface area (Å²) in [6, 6.07) is 6.85. The SMILES string of the molecule is COC(=O)c1cn(S)c(=O)c2ccccc12. The first-order chi connectivity index (χ1) is 7.65. The molecule has 0 saturated heterocycles.